The van der Waals surface area contributed by atoms with E-state index in [9.17, 15) is 31.5 Å². The molecule has 0 bridgehead atoms. The molecule has 2 aromatic rings. The summed E-state index contributed by atoms with van der Waals surface area (Å²) in [4.78, 5) is 13.0. The smallest absolute Gasteiger partial charge is 0.416 e. The third-order valence-electron chi connectivity index (χ3n) is 5.55. The van der Waals surface area contributed by atoms with Crippen LogP contribution in [0.5, 0.6) is 5.75 Å². The Morgan fingerprint density at radius 1 is 1.24 bits per heavy atom. The zero-order valence-electron chi connectivity index (χ0n) is 19.3. The first-order valence-corrected chi connectivity index (χ1v) is 12.5. The summed E-state index contributed by atoms with van der Waals surface area (Å²) in [6.07, 6.45) is -1.97. The zero-order chi connectivity index (χ0) is 26.5. The van der Waals surface area contributed by atoms with Gasteiger partial charge in [-0.25, -0.2) is 8.42 Å². The van der Waals surface area contributed by atoms with Gasteiger partial charge >= 0.3 is 12.1 Å². The minimum absolute atomic E-state index is 0. The van der Waals surface area contributed by atoms with Gasteiger partial charge in [0.1, 0.15) is 23.5 Å². The third kappa shape index (κ3) is 7.79. The molecule has 0 radical (unpaired) electrons. The van der Waals surface area contributed by atoms with Crippen molar-refractivity contribution in [1.82, 2.24) is 4.90 Å². The predicted octanol–water partition coefficient (Wildman–Crippen LogP) is 4.05. The average molecular weight is 585 g/mol. The summed E-state index contributed by atoms with van der Waals surface area (Å²) in [5, 5.41) is 12.6. The van der Waals surface area contributed by atoms with Crippen LogP contribution in [0.2, 0.25) is 5.02 Å². The topological polar surface area (TPSA) is 126 Å². The Morgan fingerprint density at radius 3 is 2.46 bits per heavy atom. The number of benzene rings is 2. The predicted molar refractivity (Wildman–Crippen MR) is 135 cm³/mol. The molecular weight excluding hydrogens is 560 g/mol. The van der Waals surface area contributed by atoms with Gasteiger partial charge in [0.15, 0.2) is 0 Å². The normalized spacial score (nSPS) is 14.9. The van der Waals surface area contributed by atoms with Crippen LogP contribution in [0.1, 0.15) is 18.4 Å². The number of carboxylic acid groups (broad SMARTS) is 1. The van der Waals surface area contributed by atoms with Crippen LogP contribution < -0.4 is 14.9 Å². The average Bonchev–Trinajstić information content (AvgIpc) is 2.81. The highest BCUT2D eigenvalue weighted by molar-refractivity contribution is 7.93. The van der Waals surface area contributed by atoms with Crippen molar-refractivity contribution in [2.24, 2.45) is 16.9 Å². The molecule has 0 unspecified atom stereocenters. The van der Waals surface area contributed by atoms with Crippen molar-refractivity contribution in [3.63, 3.8) is 0 Å². The third-order valence-corrected chi connectivity index (χ3v) is 7.83. The van der Waals surface area contributed by atoms with Gasteiger partial charge in [-0.05, 0) is 43.0 Å². The van der Waals surface area contributed by atoms with Crippen LogP contribution >= 0.6 is 24.0 Å². The number of hydrazone groups is 1. The Balaban J connectivity index is 0.00000481. The number of aliphatic carboxylic acids is 1. The highest BCUT2D eigenvalue weighted by Gasteiger charge is 2.35. The quantitative estimate of drug-likeness (QED) is 0.197. The molecule has 0 aromatic heterocycles. The molecule has 1 saturated heterocycles. The van der Waals surface area contributed by atoms with Crippen molar-refractivity contribution >= 4 is 52.0 Å². The number of nitrogens with zero attached hydrogens (tertiary/aromatic N) is 3. The molecule has 0 amide bonds. The number of likely N-dealkylation sites (tertiary alicyclic amines) is 1. The number of sulfonamides is 1. The highest BCUT2D eigenvalue weighted by atomic mass is 35.5. The van der Waals surface area contributed by atoms with Crippen LogP contribution in [0.4, 0.5) is 18.9 Å². The first-order chi connectivity index (χ1) is 16.9. The van der Waals surface area contributed by atoms with Crippen LogP contribution in [-0.4, -0.2) is 57.0 Å². The van der Waals surface area contributed by atoms with Crippen molar-refractivity contribution in [3.05, 3.63) is 53.1 Å². The van der Waals surface area contributed by atoms with E-state index in [0.717, 1.165) is 18.2 Å². The van der Waals surface area contributed by atoms with E-state index in [0.29, 0.717) is 36.3 Å². The monoisotopic (exact) mass is 584 g/mol. The Labute approximate surface area is 223 Å². The number of carboxylic acids is 1. The SMILES string of the molecule is Cl.NN=CN1CCC(COc2cc(N(CC(=O)O)S(=O)(=O)c3ccccc3Cl)cc(C(F)(F)F)c2)CC1. The molecule has 0 saturated carbocycles. The molecule has 0 atom stereocenters. The second kappa shape index (κ2) is 12.6. The summed E-state index contributed by atoms with van der Waals surface area (Å²) >= 11 is 6.00. The number of nitrogens with two attached hydrogens (primary N) is 1. The molecule has 0 spiro atoms. The Morgan fingerprint density at radius 2 is 1.89 bits per heavy atom. The fourth-order valence-corrected chi connectivity index (χ4v) is 5.62. The van der Waals surface area contributed by atoms with Gasteiger partial charge in [0, 0.05) is 19.2 Å². The van der Waals surface area contributed by atoms with Gasteiger partial charge in [0.25, 0.3) is 10.0 Å². The molecule has 204 valence electrons. The number of piperidine rings is 1. The maximum absolute atomic E-state index is 13.7. The maximum atomic E-state index is 13.7. The molecule has 15 heteroatoms. The Kier molecular flexibility index (Phi) is 10.3. The number of ether oxygens (including phenoxy) is 1. The fourth-order valence-electron chi connectivity index (χ4n) is 3.73. The molecule has 1 fully saturated rings. The van der Waals surface area contributed by atoms with Gasteiger partial charge in [-0.3, -0.25) is 9.10 Å². The maximum Gasteiger partial charge on any atom is 0.416 e. The van der Waals surface area contributed by atoms with E-state index in [4.69, 9.17) is 22.2 Å². The second-order valence-corrected chi connectivity index (χ2v) is 10.3. The molecule has 1 heterocycles. The highest BCUT2D eigenvalue weighted by Crippen LogP contribution is 2.37. The van der Waals surface area contributed by atoms with Gasteiger partial charge < -0.3 is 20.6 Å². The molecule has 0 aliphatic carbocycles. The molecule has 3 N–H and O–H groups in total. The number of anilines is 1. The van der Waals surface area contributed by atoms with Crippen molar-refractivity contribution in [2.75, 3.05) is 30.5 Å². The first-order valence-electron chi connectivity index (χ1n) is 10.7. The van der Waals surface area contributed by atoms with Crippen molar-refractivity contribution in [1.29, 1.82) is 0 Å². The minimum atomic E-state index is -4.84. The summed E-state index contributed by atoms with van der Waals surface area (Å²) in [5.41, 5.74) is -1.70. The van der Waals surface area contributed by atoms with E-state index < -0.39 is 44.9 Å². The summed E-state index contributed by atoms with van der Waals surface area (Å²) in [7, 11) is -4.64. The lowest BCUT2D eigenvalue weighted by Crippen LogP contribution is -2.36. The van der Waals surface area contributed by atoms with E-state index in [1.54, 1.807) is 0 Å². The number of rotatable bonds is 9. The molecule has 3 rings (SSSR count). The van der Waals surface area contributed by atoms with Gasteiger partial charge in [0.05, 0.1) is 22.9 Å². The van der Waals surface area contributed by atoms with Crippen LogP contribution in [0.15, 0.2) is 52.5 Å². The van der Waals surface area contributed by atoms with Crippen molar-refractivity contribution in [2.45, 2.75) is 23.9 Å². The summed E-state index contributed by atoms with van der Waals surface area (Å²) in [5.74, 6) is 3.37. The van der Waals surface area contributed by atoms with Crippen LogP contribution in [0, 0.1) is 5.92 Å². The van der Waals surface area contributed by atoms with Gasteiger partial charge in [-0.2, -0.15) is 18.3 Å². The van der Waals surface area contributed by atoms with Crippen LogP contribution in [0.25, 0.3) is 0 Å². The van der Waals surface area contributed by atoms with E-state index >= 15 is 0 Å². The molecular formula is C22H25Cl2F3N4O5S. The summed E-state index contributed by atoms with van der Waals surface area (Å²) in [6, 6.07) is 7.63. The molecule has 9 nitrogen and oxygen atoms in total. The van der Waals surface area contributed by atoms with E-state index in [1.165, 1.54) is 24.5 Å². The van der Waals surface area contributed by atoms with Gasteiger partial charge in [0.2, 0.25) is 0 Å². The molecule has 2 aromatic carbocycles. The zero-order valence-corrected chi connectivity index (χ0v) is 21.7. The fraction of sp³-hybridized carbons (Fsp3) is 0.364. The van der Waals surface area contributed by atoms with Crippen LogP contribution in [0.3, 0.4) is 0 Å². The summed E-state index contributed by atoms with van der Waals surface area (Å²) in [6.45, 7) is 0.246. The standard InChI is InChI=1S/C22H24ClF3N4O5S.ClH/c23-19-3-1-2-4-20(19)36(33,34)30(12-21(31)32)17-9-16(22(24,25)26)10-18(11-17)35-13-15-5-7-29(8-6-15)14-28-27;/h1-4,9-11,14-15H,5-8,12-13,27H2,(H,31,32);1H. The number of carbonyl (C=O) groups is 1. The lowest BCUT2D eigenvalue weighted by atomic mass is 9.98. The molecule has 37 heavy (non-hydrogen) atoms. The lowest BCUT2D eigenvalue weighted by molar-refractivity contribution is -0.137. The second-order valence-electron chi connectivity index (χ2n) is 8.10. The van der Waals surface area contributed by atoms with Gasteiger partial charge in [-0.15, -0.1) is 12.4 Å². The largest absolute Gasteiger partial charge is 0.493 e. The van der Waals surface area contributed by atoms with Crippen molar-refractivity contribution < 1.29 is 36.2 Å². The van der Waals surface area contributed by atoms with Crippen molar-refractivity contribution in [3.8, 4) is 5.75 Å². The minimum Gasteiger partial charge on any atom is -0.493 e. The summed E-state index contributed by atoms with van der Waals surface area (Å²) < 4.78 is 73.6. The van der Waals surface area contributed by atoms with E-state index in [1.807, 2.05) is 4.90 Å². The molecule has 1 aliphatic heterocycles. The Hall–Kier alpha value is -2.90. The lowest BCUT2D eigenvalue weighted by Gasteiger charge is -2.30. The van der Waals surface area contributed by atoms with E-state index in [-0.39, 0.29) is 35.7 Å². The number of alkyl halides is 3. The number of hydrogen-bond acceptors (Lipinski definition) is 6. The molecule has 1 aliphatic rings. The number of hydrogen-bond donors (Lipinski definition) is 2. The first kappa shape index (κ1) is 30.3. The number of halogens is 5. The van der Waals surface area contributed by atoms with Crippen LogP contribution in [-0.2, 0) is 21.0 Å². The Bertz CT molecular complexity index is 1220. The van der Waals surface area contributed by atoms with E-state index in [2.05, 4.69) is 5.10 Å². The van der Waals surface area contributed by atoms with Gasteiger partial charge in [-0.1, -0.05) is 23.7 Å².